The lowest BCUT2D eigenvalue weighted by Crippen LogP contribution is -2.29. The maximum atomic E-state index is 12.3. The molecule has 2 heterocycles. The average Bonchev–Trinajstić information content (AvgIpc) is 3.11. The highest BCUT2D eigenvalue weighted by atomic mass is 35.5. The van der Waals surface area contributed by atoms with E-state index in [-0.39, 0.29) is 17.6 Å². The number of carbonyl (C=O) groups is 2. The van der Waals surface area contributed by atoms with Crippen molar-refractivity contribution in [3.63, 3.8) is 0 Å². The van der Waals surface area contributed by atoms with Gasteiger partial charge in [0.2, 0.25) is 11.8 Å². The van der Waals surface area contributed by atoms with Crippen molar-refractivity contribution in [1.82, 2.24) is 5.16 Å². The molecule has 1 aliphatic heterocycles. The number of thioether (sulfide) groups is 1. The van der Waals surface area contributed by atoms with Crippen LogP contribution < -0.4 is 15.5 Å². The average molecular weight is 437 g/mol. The van der Waals surface area contributed by atoms with Crippen LogP contribution in [0.25, 0.3) is 0 Å². The van der Waals surface area contributed by atoms with Gasteiger partial charge in [0, 0.05) is 24.8 Å². The summed E-state index contributed by atoms with van der Waals surface area (Å²) in [6, 6.07) is 7.23. The second-order valence-corrected chi connectivity index (χ2v) is 8.76. The number of anilines is 3. The number of aromatic nitrogens is 1. The highest BCUT2D eigenvalue weighted by Gasteiger charge is 2.18. The zero-order valence-electron chi connectivity index (χ0n) is 16.5. The van der Waals surface area contributed by atoms with E-state index >= 15 is 0 Å². The molecule has 0 saturated carbocycles. The molecule has 29 heavy (non-hydrogen) atoms. The largest absolute Gasteiger partial charge is 0.370 e. The van der Waals surface area contributed by atoms with Crippen molar-refractivity contribution in [2.75, 3.05) is 34.4 Å². The van der Waals surface area contributed by atoms with Gasteiger partial charge in [-0.05, 0) is 51.3 Å². The lowest BCUT2D eigenvalue weighted by Gasteiger charge is -2.29. The topological polar surface area (TPSA) is 87.5 Å². The molecule has 3 rings (SSSR count). The molecule has 7 nitrogen and oxygen atoms in total. The quantitative estimate of drug-likeness (QED) is 0.671. The Morgan fingerprint density at radius 1 is 1.24 bits per heavy atom. The van der Waals surface area contributed by atoms with Gasteiger partial charge < -0.3 is 20.1 Å². The second kappa shape index (κ2) is 10.0. The summed E-state index contributed by atoms with van der Waals surface area (Å²) in [5.41, 5.74) is 1.66. The molecule has 2 amide bonds. The van der Waals surface area contributed by atoms with E-state index in [2.05, 4.69) is 20.7 Å². The number of nitrogens with zero attached hydrogens (tertiary/aromatic N) is 2. The number of piperidine rings is 1. The summed E-state index contributed by atoms with van der Waals surface area (Å²) in [6.45, 7) is 5.51. The van der Waals surface area contributed by atoms with Crippen molar-refractivity contribution in [3.8, 4) is 0 Å². The predicted molar refractivity (Wildman–Crippen MR) is 118 cm³/mol. The van der Waals surface area contributed by atoms with Crippen molar-refractivity contribution in [3.05, 3.63) is 35.0 Å². The molecule has 0 bridgehead atoms. The van der Waals surface area contributed by atoms with Crippen molar-refractivity contribution < 1.29 is 14.1 Å². The molecule has 1 unspecified atom stereocenters. The van der Waals surface area contributed by atoms with Crippen LogP contribution in [0.3, 0.4) is 0 Å². The summed E-state index contributed by atoms with van der Waals surface area (Å²) in [6.07, 6.45) is 3.61. The highest BCUT2D eigenvalue weighted by Crippen LogP contribution is 2.31. The number of benzene rings is 1. The zero-order valence-corrected chi connectivity index (χ0v) is 18.1. The number of hydrogen-bond acceptors (Lipinski definition) is 6. The number of carbonyl (C=O) groups excluding carboxylic acids is 2. The number of rotatable bonds is 7. The summed E-state index contributed by atoms with van der Waals surface area (Å²) in [7, 11) is 0. The number of aryl methyl sites for hydroxylation is 1. The SMILES string of the molecule is Cc1cc(NC(=O)C(C)SCC(=O)Nc2ccc(N3CCCCC3)c(Cl)c2)no1. The number of halogens is 1. The van der Waals surface area contributed by atoms with Crippen LogP contribution in [-0.2, 0) is 9.59 Å². The van der Waals surface area contributed by atoms with E-state index in [4.69, 9.17) is 16.1 Å². The van der Waals surface area contributed by atoms with Crippen LogP contribution in [0.15, 0.2) is 28.8 Å². The molecule has 1 fully saturated rings. The van der Waals surface area contributed by atoms with E-state index < -0.39 is 5.25 Å². The van der Waals surface area contributed by atoms with E-state index in [0.29, 0.717) is 22.3 Å². The number of hydrogen-bond donors (Lipinski definition) is 2. The standard InChI is InChI=1S/C20H25ClN4O3S/c1-13-10-18(24-28-13)23-20(27)14(2)29-12-19(26)22-15-6-7-17(16(21)11-15)25-8-4-3-5-9-25/h6-7,10-11,14H,3-5,8-9,12H2,1-2H3,(H,22,26)(H,23,24,27). The zero-order chi connectivity index (χ0) is 20.8. The number of nitrogens with one attached hydrogen (secondary N) is 2. The third-order valence-electron chi connectivity index (χ3n) is 4.64. The van der Waals surface area contributed by atoms with Crippen LogP contribution in [-0.4, -0.2) is 41.1 Å². The summed E-state index contributed by atoms with van der Waals surface area (Å²) >= 11 is 7.67. The van der Waals surface area contributed by atoms with Crippen LogP contribution in [0, 0.1) is 6.92 Å². The molecular weight excluding hydrogens is 412 g/mol. The normalized spacial score (nSPS) is 15.1. The van der Waals surface area contributed by atoms with Gasteiger partial charge in [-0.25, -0.2) is 0 Å². The molecule has 1 saturated heterocycles. The first-order valence-corrected chi connectivity index (χ1v) is 11.0. The Morgan fingerprint density at radius 2 is 2.00 bits per heavy atom. The van der Waals surface area contributed by atoms with Gasteiger partial charge in [0.15, 0.2) is 5.82 Å². The summed E-state index contributed by atoms with van der Waals surface area (Å²) in [5.74, 6) is 0.717. The molecule has 1 atom stereocenters. The minimum Gasteiger partial charge on any atom is -0.370 e. The van der Waals surface area contributed by atoms with E-state index in [1.807, 2.05) is 12.1 Å². The molecular formula is C20H25ClN4O3S. The van der Waals surface area contributed by atoms with Crippen molar-refractivity contribution in [1.29, 1.82) is 0 Å². The van der Waals surface area contributed by atoms with Crippen molar-refractivity contribution in [2.45, 2.75) is 38.4 Å². The van der Waals surface area contributed by atoms with Gasteiger partial charge in [0.05, 0.1) is 21.7 Å². The first-order valence-electron chi connectivity index (χ1n) is 9.62. The van der Waals surface area contributed by atoms with Gasteiger partial charge >= 0.3 is 0 Å². The Morgan fingerprint density at radius 3 is 2.66 bits per heavy atom. The monoisotopic (exact) mass is 436 g/mol. The molecule has 1 aliphatic rings. The summed E-state index contributed by atoms with van der Waals surface area (Å²) in [4.78, 5) is 26.7. The minimum absolute atomic E-state index is 0.151. The molecule has 0 radical (unpaired) electrons. The first-order chi connectivity index (χ1) is 13.9. The molecule has 0 aliphatic carbocycles. The van der Waals surface area contributed by atoms with Gasteiger partial charge in [-0.3, -0.25) is 9.59 Å². The Labute approximate surface area is 179 Å². The molecule has 0 spiro atoms. The molecule has 2 N–H and O–H groups in total. The lowest BCUT2D eigenvalue weighted by molar-refractivity contribution is -0.115. The van der Waals surface area contributed by atoms with Crippen molar-refractivity contribution in [2.24, 2.45) is 0 Å². The smallest absolute Gasteiger partial charge is 0.238 e. The van der Waals surface area contributed by atoms with E-state index in [0.717, 1.165) is 18.8 Å². The van der Waals surface area contributed by atoms with Gasteiger partial charge in [0.25, 0.3) is 0 Å². The van der Waals surface area contributed by atoms with Crippen LogP contribution in [0.2, 0.25) is 5.02 Å². The van der Waals surface area contributed by atoms with Crippen LogP contribution in [0.1, 0.15) is 31.9 Å². The molecule has 9 heteroatoms. The Hall–Kier alpha value is -2.19. The molecule has 1 aromatic heterocycles. The maximum Gasteiger partial charge on any atom is 0.238 e. The summed E-state index contributed by atoms with van der Waals surface area (Å²) in [5, 5.41) is 9.45. The van der Waals surface area contributed by atoms with Crippen LogP contribution in [0.4, 0.5) is 17.2 Å². The van der Waals surface area contributed by atoms with E-state index in [9.17, 15) is 9.59 Å². The Kier molecular flexibility index (Phi) is 7.44. The van der Waals surface area contributed by atoms with E-state index in [1.54, 1.807) is 26.0 Å². The van der Waals surface area contributed by atoms with E-state index in [1.165, 1.54) is 31.0 Å². The second-order valence-electron chi connectivity index (χ2n) is 7.03. The fourth-order valence-electron chi connectivity index (χ4n) is 3.10. The minimum atomic E-state index is -0.414. The van der Waals surface area contributed by atoms with Crippen LogP contribution >= 0.6 is 23.4 Å². The van der Waals surface area contributed by atoms with Crippen molar-refractivity contribution >= 4 is 52.4 Å². The summed E-state index contributed by atoms with van der Waals surface area (Å²) < 4.78 is 4.92. The molecule has 2 aromatic rings. The number of amides is 2. The van der Waals surface area contributed by atoms with Gasteiger partial charge in [0.1, 0.15) is 5.76 Å². The Bertz CT molecular complexity index is 867. The van der Waals surface area contributed by atoms with Gasteiger partial charge in [-0.1, -0.05) is 16.8 Å². The fraction of sp³-hybridized carbons (Fsp3) is 0.450. The van der Waals surface area contributed by atoms with Gasteiger partial charge in [-0.15, -0.1) is 11.8 Å². The maximum absolute atomic E-state index is 12.3. The lowest BCUT2D eigenvalue weighted by atomic mass is 10.1. The first kappa shape index (κ1) is 21.5. The third kappa shape index (κ3) is 6.14. The third-order valence-corrected chi connectivity index (χ3v) is 6.09. The van der Waals surface area contributed by atoms with Gasteiger partial charge in [-0.2, -0.15) is 0 Å². The molecule has 156 valence electrons. The fourth-order valence-corrected chi connectivity index (χ4v) is 4.09. The molecule has 1 aromatic carbocycles. The predicted octanol–water partition coefficient (Wildman–Crippen LogP) is 4.33. The Balaban J connectivity index is 1.47. The highest BCUT2D eigenvalue weighted by molar-refractivity contribution is 8.01. The van der Waals surface area contributed by atoms with Crippen LogP contribution in [0.5, 0.6) is 0 Å².